The second-order valence-electron chi connectivity index (χ2n) is 2.51. The summed E-state index contributed by atoms with van der Waals surface area (Å²) in [6, 6.07) is 1.39. The van der Waals surface area contributed by atoms with E-state index in [2.05, 4.69) is 15.4 Å². The van der Waals surface area contributed by atoms with Crippen molar-refractivity contribution in [1.82, 2.24) is 15.4 Å². The van der Waals surface area contributed by atoms with Crippen LogP contribution in [0.5, 0.6) is 0 Å². The molecule has 0 bridgehead atoms. The van der Waals surface area contributed by atoms with Gasteiger partial charge in [0.1, 0.15) is 5.56 Å². The summed E-state index contributed by atoms with van der Waals surface area (Å²) < 4.78 is 4.76. The van der Waals surface area contributed by atoms with Gasteiger partial charge in [0.05, 0.1) is 6.20 Å². The van der Waals surface area contributed by atoms with E-state index < -0.39 is 4.92 Å². The molecule has 0 aliphatic carbocycles. The lowest BCUT2D eigenvalue weighted by molar-refractivity contribution is -0.388. The van der Waals surface area contributed by atoms with Crippen LogP contribution in [0.4, 0.5) is 11.6 Å². The Hall–Kier alpha value is -2.38. The highest BCUT2D eigenvalue weighted by atomic mass is 16.6. The summed E-state index contributed by atoms with van der Waals surface area (Å²) in [7, 11) is 0. The zero-order valence-electron chi connectivity index (χ0n) is 6.80. The molecule has 0 atom stereocenters. The highest BCUT2D eigenvalue weighted by molar-refractivity contribution is 5.67. The van der Waals surface area contributed by atoms with Crippen LogP contribution in [0.3, 0.4) is 0 Å². The minimum atomic E-state index is -0.596. The Morgan fingerprint density at radius 2 is 2.43 bits per heavy atom. The third kappa shape index (κ3) is 1.18. The highest BCUT2D eigenvalue weighted by Crippen LogP contribution is 2.28. The van der Waals surface area contributed by atoms with Gasteiger partial charge in [-0.15, -0.1) is 5.10 Å². The molecule has 8 heteroatoms. The van der Waals surface area contributed by atoms with Crippen molar-refractivity contribution in [2.24, 2.45) is 0 Å². The Kier molecular flexibility index (Phi) is 1.67. The lowest BCUT2D eigenvalue weighted by Crippen LogP contribution is -1.89. The predicted octanol–water partition coefficient (Wildman–Crippen LogP) is 0.555. The molecular weight excluding hydrogens is 190 g/mol. The molecule has 0 aliphatic rings. The fraction of sp³-hybridized carbons (Fsp3) is 0. The zero-order valence-corrected chi connectivity index (χ0v) is 6.80. The molecule has 14 heavy (non-hydrogen) atoms. The molecule has 3 N–H and O–H groups in total. The SMILES string of the molecule is Nc1cc(-c2cn[nH]c2[N+](=O)[O-])on1. The van der Waals surface area contributed by atoms with Crippen molar-refractivity contribution in [2.45, 2.75) is 0 Å². The quantitative estimate of drug-likeness (QED) is 0.532. The van der Waals surface area contributed by atoms with E-state index in [1.165, 1.54) is 12.3 Å². The summed E-state index contributed by atoms with van der Waals surface area (Å²) >= 11 is 0. The number of nitrogens with two attached hydrogens (primary N) is 1. The van der Waals surface area contributed by atoms with Crippen molar-refractivity contribution in [3.63, 3.8) is 0 Å². The van der Waals surface area contributed by atoms with Crippen LogP contribution in [-0.2, 0) is 0 Å². The normalized spacial score (nSPS) is 10.3. The fourth-order valence-electron chi connectivity index (χ4n) is 1.01. The van der Waals surface area contributed by atoms with Gasteiger partial charge in [0.25, 0.3) is 0 Å². The number of hydrogen-bond donors (Lipinski definition) is 2. The number of aromatic nitrogens is 3. The lowest BCUT2D eigenvalue weighted by Gasteiger charge is -1.91. The average Bonchev–Trinajstić information content (AvgIpc) is 2.70. The Morgan fingerprint density at radius 3 is 3.00 bits per heavy atom. The van der Waals surface area contributed by atoms with E-state index >= 15 is 0 Å². The number of hydrogen-bond acceptors (Lipinski definition) is 6. The van der Waals surface area contributed by atoms with Gasteiger partial charge in [0.2, 0.25) is 0 Å². The van der Waals surface area contributed by atoms with E-state index in [9.17, 15) is 10.1 Å². The van der Waals surface area contributed by atoms with Gasteiger partial charge in [0, 0.05) is 6.07 Å². The number of anilines is 1. The highest BCUT2D eigenvalue weighted by Gasteiger charge is 2.20. The van der Waals surface area contributed by atoms with Gasteiger partial charge in [-0.05, 0) is 4.92 Å². The standard InChI is InChI=1S/C6H5N5O3/c7-5-1-4(14-10-5)3-2-8-9-6(3)11(12)13/h1-2H,(H2,7,10)(H,8,9). The van der Waals surface area contributed by atoms with Crippen LogP contribution < -0.4 is 5.73 Å². The van der Waals surface area contributed by atoms with Crippen LogP contribution in [0.2, 0.25) is 0 Å². The molecule has 0 spiro atoms. The van der Waals surface area contributed by atoms with Gasteiger partial charge < -0.3 is 20.4 Å². The molecule has 0 amide bonds. The van der Waals surface area contributed by atoms with E-state index in [1.54, 1.807) is 0 Å². The minimum absolute atomic E-state index is 0.162. The number of rotatable bonds is 2. The number of nitrogen functional groups attached to an aromatic ring is 1. The summed E-state index contributed by atoms with van der Waals surface area (Å²) in [5.74, 6) is 0.125. The first-order chi connectivity index (χ1) is 6.68. The van der Waals surface area contributed by atoms with E-state index in [0.717, 1.165) is 0 Å². The summed E-state index contributed by atoms with van der Waals surface area (Å²) in [6.45, 7) is 0. The molecule has 2 heterocycles. The molecule has 0 radical (unpaired) electrons. The second-order valence-corrected chi connectivity index (χ2v) is 2.51. The van der Waals surface area contributed by atoms with Gasteiger partial charge in [-0.1, -0.05) is 10.3 Å². The summed E-state index contributed by atoms with van der Waals surface area (Å²) in [4.78, 5) is 9.91. The van der Waals surface area contributed by atoms with Crippen molar-refractivity contribution in [3.8, 4) is 11.3 Å². The van der Waals surface area contributed by atoms with Crippen molar-refractivity contribution in [1.29, 1.82) is 0 Å². The molecular formula is C6H5N5O3. The minimum Gasteiger partial charge on any atom is -0.381 e. The van der Waals surface area contributed by atoms with Gasteiger partial charge >= 0.3 is 5.82 Å². The molecule has 0 aromatic carbocycles. The monoisotopic (exact) mass is 195 g/mol. The van der Waals surface area contributed by atoms with Gasteiger partial charge in [-0.3, -0.25) is 0 Å². The number of H-pyrrole nitrogens is 1. The van der Waals surface area contributed by atoms with Crippen LogP contribution in [0.1, 0.15) is 0 Å². The zero-order chi connectivity index (χ0) is 10.1. The number of aromatic amines is 1. The van der Waals surface area contributed by atoms with Crippen LogP contribution in [0, 0.1) is 10.1 Å². The van der Waals surface area contributed by atoms with E-state index in [0.29, 0.717) is 0 Å². The first-order valence-electron chi connectivity index (χ1n) is 3.59. The molecule has 2 rings (SSSR count). The third-order valence-corrected chi connectivity index (χ3v) is 1.60. The molecule has 2 aromatic heterocycles. The fourth-order valence-corrected chi connectivity index (χ4v) is 1.01. The molecule has 0 fully saturated rings. The van der Waals surface area contributed by atoms with Gasteiger partial charge in [-0.2, -0.15) is 0 Å². The maximum absolute atomic E-state index is 10.5. The van der Waals surface area contributed by atoms with Crippen LogP contribution >= 0.6 is 0 Å². The van der Waals surface area contributed by atoms with E-state index in [-0.39, 0.29) is 23.0 Å². The molecule has 2 aromatic rings. The smallest absolute Gasteiger partial charge is 0.353 e. The number of nitrogens with zero attached hydrogens (tertiary/aromatic N) is 3. The molecule has 0 aliphatic heterocycles. The maximum Gasteiger partial charge on any atom is 0.353 e. The lowest BCUT2D eigenvalue weighted by atomic mass is 10.2. The largest absolute Gasteiger partial charge is 0.381 e. The number of nitrogens with one attached hydrogen (secondary N) is 1. The van der Waals surface area contributed by atoms with Crippen molar-refractivity contribution < 1.29 is 9.45 Å². The van der Waals surface area contributed by atoms with Gasteiger partial charge in [0.15, 0.2) is 11.6 Å². The average molecular weight is 195 g/mol. The van der Waals surface area contributed by atoms with Gasteiger partial charge in [-0.25, -0.2) is 0 Å². The van der Waals surface area contributed by atoms with Crippen LogP contribution in [-0.4, -0.2) is 20.3 Å². The number of nitro groups is 1. The van der Waals surface area contributed by atoms with Crippen LogP contribution in [0.25, 0.3) is 11.3 Å². The van der Waals surface area contributed by atoms with E-state index in [1.807, 2.05) is 0 Å². The third-order valence-electron chi connectivity index (χ3n) is 1.60. The summed E-state index contributed by atoms with van der Waals surface area (Å²) in [5.41, 5.74) is 5.53. The molecule has 72 valence electrons. The van der Waals surface area contributed by atoms with Crippen LogP contribution in [0.15, 0.2) is 16.8 Å². The maximum atomic E-state index is 10.5. The Labute approximate surface area is 76.8 Å². The molecule has 0 unspecified atom stereocenters. The Morgan fingerprint density at radius 1 is 1.64 bits per heavy atom. The topological polar surface area (TPSA) is 124 Å². The molecule has 8 nitrogen and oxygen atoms in total. The first-order valence-corrected chi connectivity index (χ1v) is 3.59. The van der Waals surface area contributed by atoms with Crippen molar-refractivity contribution >= 4 is 11.6 Å². The van der Waals surface area contributed by atoms with E-state index in [4.69, 9.17) is 10.3 Å². The summed E-state index contributed by atoms with van der Waals surface area (Å²) in [6.07, 6.45) is 1.28. The summed E-state index contributed by atoms with van der Waals surface area (Å²) in [5, 5.41) is 19.7. The molecule has 0 saturated carbocycles. The van der Waals surface area contributed by atoms with Crippen molar-refractivity contribution in [2.75, 3.05) is 5.73 Å². The Bertz CT molecular complexity index is 473. The van der Waals surface area contributed by atoms with Crippen molar-refractivity contribution in [3.05, 3.63) is 22.4 Å². The predicted molar refractivity (Wildman–Crippen MR) is 45.2 cm³/mol. The Balaban J connectivity index is 2.51. The second kappa shape index (κ2) is 2.83. The molecule has 0 saturated heterocycles. The first kappa shape index (κ1) is 8.23.